The third-order valence-electron chi connectivity index (χ3n) is 7.24. The molecule has 3 N–H and O–H groups in total. The van der Waals surface area contributed by atoms with E-state index in [1.165, 1.54) is 4.90 Å². The van der Waals surface area contributed by atoms with E-state index in [0.717, 1.165) is 25.0 Å². The number of β-amino-alcohol motifs (C(OH)–C–C–N with tert-alkyl or cyclic N) is 1. The number of fused-ring (bicyclic) bond motifs is 1. The van der Waals surface area contributed by atoms with Crippen LogP contribution in [0.2, 0.25) is 0 Å². The maximum absolute atomic E-state index is 13.6. The fraction of sp³-hybridized carbons (Fsp3) is 0.640. The number of amides is 3. The van der Waals surface area contributed by atoms with Crippen LogP contribution in [0.3, 0.4) is 0 Å². The highest BCUT2D eigenvalue weighted by Gasteiger charge is 2.73. The van der Waals surface area contributed by atoms with Crippen LogP contribution in [0.25, 0.3) is 0 Å². The van der Waals surface area contributed by atoms with Crippen molar-refractivity contribution in [2.75, 3.05) is 25.1 Å². The molecule has 9 heteroatoms. The van der Waals surface area contributed by atoms with Gasteiger partial charge in [0, 0.05) is 23.5 Å². The van der Waals surface area contributed by atoms with E-state index in [1.807, 2.05) is 13.8 Å². The highest BCUT2D eigenvalue weighted by molar-refractivity contribution is 8.02. The lowest BCUT2D eigenvalue weighted by atomic mass is 9.70. The summed E-state index contributed by atoms with van der Waals surface area (Å²) >= 11 is 1.63. The van der Waals surface area contributed by atoms with Crippen LogP contribution >= 0.6 is 11.8 Å². The lowest BCUT2D eigenvalue weighted by molar-refractivity contribution is -0.139. The monoisotopic (exact) mass is 489 g/mol. The van der Waals surface area contributed by atoms with Crippen LogP contribution in [0.4, 0.5) is 5.69 Å². The number of rotatable bonds is 10. The van der Waals surface area contributed by atoms with Gasteiger partial charge < -0.3 is 25.4 Å². The summed E-state index contributed by atoms with van der Waals surface area (Å²) < 4.78 is 4.83. The minimum absolute atomic E-state index is 0.00128. The number of carbonyl (C=O) groups is 3. The van der Waals surface area contributed by atoms with E-state index in [9.17, 15) is 19.5 Å². The van der Waals surface area contributed by atoms with Crippen molar-refractivity contribution < 1.29 is 24.2 Å². The number of thioether (sulfide) groups is 1. The Labute approximate surface area is 205 Å². The summed E-state index contributed by atoms with van der Waals surface area (Å²) in [6.45, 7) is 6.38. The van der Waals surface area contributed by atoms with Crippen LogP contribution in [0.5, 0.6) is 5.75 Å². The highest BCUT2D eigenvalue weighted by Crippen LogP contribution is 2.66. The standard InChI is InChI=1S/C25H35N3O5S/c1-4-6-15(3)26-23(31)21-25-12-11-18(34-25)19(20(25)24(32)28(21)13-14-29)22(30)27-16-7-9-17(10-8-16)33-5-2/h7-10,15,18-21,29H,4-6,11-14H2,1-3H3,(H,26,31)(H,27,30)/t15?,18-,19+,20+,21?,25?/m1/s1. The van der Waals surface area contributed by atoms with Crippen molar-refractivity contribution in [1.29, 1.82) is 0 Å². The van der Waals surface area contributed by atoms with Crippen LogP contribution in [0.1, 0.15) is 46.5 Å². The first-order valence-electron chi connectivity index (χ1n) is 12.3. The van der Waals surface area contributed by atoms with Crippen molar-refractivity contribution in [3.8, 4) is 5.75 Å². The molecule has 3 unspecified atom stereocenters. The first-order chi connectivity index (χ1) is 16.4. The number of nitrogens with zero attached hydrogens (tertiary/aromatic N) is 1. The van der Waals surface area contributed by atoms with Crippen LogP contribution in [-0.2, 0) is 14.4 Å². The van der Waals surface area contributed by atoms with E-state index in [-0.39, 0.29) is 42.2 Å². The Morgan fingerprint density at radius 1 is 1.26 bits per heavy atom. The number of benzene rings is 1. The van der Waals surface area contributed by atoms with E-state index < -0.39 is 22.6 Å². The molecule has 0 aliphatic carbocycles. The molecule has 2 bridgehead atoms. The maximum Gasteiger partial charge on any atom is 0.244 e. The molecule has 3 heterocycles. The Morgan fingerprint density at radius 2 is 2.00 bits per heavy atom. The molecule has 6 atom stereocenters. The van der Waals surface area contributed by atoms with Crippen LogP contribution in [-0.4, -0.2) is 69.6 Å². The van der Waals surface area contributed by atoms with Gasteiger partial charge in [-0.05, 0) is 57.4 Å². The molecule has 186 valence electrons. The van der Waals surface area contributed by atoms with E-state index in [4.69, 9.17) is 4.74 Å². The molecule has 3 fully saturated rings. The van der Waals surface area contributed by atoms with Gasteiger partial charge in [-0.15, -0.1) is 11.8 Å². The van der Waals surface area contributed by atoms with Gasteiger partial charge in [-0.3, -0.25) is 14.4 Å². The van der Waals surface area contributed by atoms with Crippen molar-refractivity contribution in [2.45, 2.75) is 68.5 Å². The van der Waals surface area contributed by atoms with E-state index in [2.05, 4.69) is 17.6 Å². The zero-order valence-corrected chi connectivity index (χ0v) is 20.9. The van der Waals surface area contributed by atoms with Gasteiger partial charge in [-0.1, -0.05) is 13.3 Å². The molecular weight excluding hydrogens is 454 g/mol. The molecule has 3 aliphatic rings. The zero-order chi connectivity index (χ0) is 24.5. The second-order valence-electron chi connectivity index (χ2n) is 9.46. The maximum atomic E-state index is 13.6. The van der Waals surface area contributed by atoms with Gasteiger partial charge in [0.15, 0.2) is 0 Å². The first kappa shape index (κ1) is 24.9. The molecule has 8 nitrogen and oxygen atoms in total. The fourth-order valence-corrected chi connectivity index (χ4v) is 8.18. The van der Waals surface area contributed by atoms with Gasteiger partial charge >= 0.3 is 0 Å². The Balaban J connectivity index is 1.57. The number of aliphatic hydroxyl groups is 1. The predicted octanol–water partition coefficient (Wildman–Crippen LogP) is 2.41. The summed E-state index contributed by atoms with van der Waals surface area (Å²) in [7, 11) is 0. The van der Waals surface area contributed by atoms with Crippen molar-refractivity contribution in [2.24, 2.45) is 11.8 Å². The van der Waals surface area contributed by atoms with Crippen molar-refractivity contribution in [1.82, 2.24) is 10.2 Å². The van der Waals surface area contributed by atoms with Crippen LogP contribution in [0.15, 0.2) is 24.3 Å². The Hall–Kier alpha value is -2.26. The predicted molar refractivity (Wildman–Crippen MR) is 132 cm³/mol. The van der Waals surface area contributed by atoms with Crippen LogP contribution < -0.4 is 15.4 Å². The Morgan fingerprint density at radius 3 is 2.65 bits per heavy atom. The number of ether oxygens (including phenoxy) is 1. The fourth-order valence-electron chi connectivity index (χ4n) is 5.96. The van der Waals surface area contributed by atoms with Crippen molar-refractivity contribution in [3.63, 3.8) is 0 Å². The van der Waals surface area contributed by atoms with Gasteiger partial charge in [-0.2, -0.15) is 0 Å². The molecule has 0 aromatic heterocycles. The number of anilines is 1. The second-order valence-corrected chi connectivity index (χ2v) is 11.1. The van der Waals surface area contributed by atoms with Crippen molar-refractivity contribution in [3.05, 3.63) is 24.3 Å². The minimum atomic E-state index is -0.672. The van der Waals surface area contributed by atoms with Crippen molar-refractivity contribution >= 4 is 35.2 Å². The third kappa shape index (κ3) is 4.28. The average Bonchev–Trinajstić information content (AvgIpc) is 3.43. The average molecular weight is 490 g/mol. The number of carbonyl (C=O) groups excluding carboxylic acids is 3. The molecule has 3 saturated heterocycles. The quantitative estimate of drug-likeness (QED) is 0.466. The molecule has 0 radical (unpaired) electrons. The molecule has 3 aliphatic heterocycles. The summed E-state index contributed by atoms with van der Waals surface area (Å²) in [6, 6.07) is 6.52. The second kappa shape index (κ2) is 10.2. The summed E-state index contributed by atoms with van der Waals surface area (Å²) in [5.74, 6) is -0.907. The third-order valence-corrected chi connectivity index (χ3v) is 9.19. The normalized spacial score (nSPS) is 30.2. The summed E-state index contributed by atoms with van der Waals surface area (Å²) in [4.78, 5) is 42.0. The SMILES string of the molecule is CCCC(C)NC(=O)C1N(CCO)C(=O)[C@@H]2[C@@H](C(=O)Nc3ccc(OCC)cc3)[C@H]3CCC12S3. The largest absolute Gasteiger partial charge is 0.494 e. The van der Waals surface area contributed by atoms with E-state index in [0.29, 0.717) is 18.7 Å². The molecule has 0 saturated carbocycles. The molecule has 1 aromatic carbocycles. The number of hydrogen-bond acceptors (Lipinski definition) is 6. The van der Waals surface area contributed by atoms with Gasteiger partial charge in [0.2, 0.25) is 17.7 Å². The van der Waals surface area contributed by atoms with Crippen LogP contribution in [0, 0.1) is 11.8 Å². The molecule has 1 aromatic rings. The molecule has 34 heavy (non-hydrogen) atoms. The topological polar surface area (TPSA) is 108 Å². The zero-order valence-electron chi connectivity index (χ0n) is 20.1. The van der Waals surface area contributed by atoms with Gasteiger partial charge in [0.1, 0.15) is 11.8 Å². The van der Waals surface area contributed by atoms with Gasteiger partial charge in [-0.25, -0.2) is 0 Å². The number of likely N-dealkylation sites (tertiary alicyclic amines) is 1. The van der Waals surface area contributed by atoms with E-state index in [1.54, 1.807) is 36.0 Å². The molecule has 3 amide bonds. The van der Waals surface area contributed by atoms with E-state index >= 15 is 0 Å². The molecule has 4 rings (SSSR count). The number of nitrogens with one attached hydrogen (secondary N) is 2. The highest BCUT2D eigenvalue weighted by atomic mass is 32.2. The Kier molecular flexibility index (Phi) is 7.42. The number of aliphatic hydroxyl groups excluding tert-OH is 1. The molecule has 1 spiro atoms. The summed E-state index contributed by atoms with van der Waals surface area (Å²) in [6.07, 6.45) is 3.31. The lowest BCUT2D eigenvalue weighted by Crippen LogP contribution is -2.55. The summed E-state index contributed by atoms with van der Waals surface area (Å²) in [5, 5.41) is 15.7. The molecular formula is C25H35N3O5S. The first-order valence-corrected chi connectivity index (χ1v) is 13.2. The Bertz CT molecular complexity index is 926. The number of hydrogen-bond donors (Lipinski definition) is 3. The summed E-state index contributed by atoms with van der Waals surface area (Å²) in [5.41, 5.74) is 0.649. The van der Waals surface area contributed by atoms with Gasteiger partial charge in [0.25, 0.3) is 0 Å². The van der Waals surface area contributed by atoms with Gasteiger partial charge in [0.05, 0.1) is 29.8 Å². The smallest absolute Gasteiger partial charge is 0.244 e. The minimum Gasteiger partial charge on any atom is -0.494 e. The lowest BCUT2D eigenvalue weighted by Gasteiger charge is -2.34.